The van der Waals surface area contributed by atoms with E-state index in [4.69, 9.17) is 0 Å². The number of benzene rings is 1. The summed E-state index contributed by atoms with van der Waals surface area (Å²) in [4.78, 5) is 16.3. The molecule has 0 atom stereocenters. The van der Waals surface area contributed by atoms with Crippen LogP contribution >= 0.6 is 0 Å². The van der Waals surface area contributed by atoms with Crippen molar-refractivity contribution in [3.63, 3.8) is 0 Å². The minimum absolute atomic E-state index is 0.369. The van der Waals surface area contributed by atoms with E-state index in [0.29, 0.717) is 0 Å². The van der Waals surface area contributed by atoms with Gasteiger partial charge in [-0.2, -0.15) is 4.79 Å². The van der Waals surface area contributed by atoms with Crippen molar-refractivity contribution < 1.29 is 4.79 Å². The predicted octanol–water partition coefficient (Wildman–Crippen LogP) is 1.05. The van der Waals surface area contributed by atoms with Gasteiger partial charge in [-0.25, -0.2) is 15.2 Å². The maximum Gasteiger partial charge on any atom is 0.339 e. The van der Waals surface area contributed by atoms with Gasteiger partial charge in [0.2, 0.25) is 0 Å². The van der Waals surface area contributed by atoms with Crippen molar-refractivity contribution in [1.82, 2.24) is 14.9 Å². The van der Waals surface area contributed by atoms with Crippen molar-refractivity contribution >= 4 is 11.7 Å². The van der Waals surface area contributed by atoms with E-state index in [1.54, 1.807) is 12.1 Å². The molecule has 2 aromatic rings. The zero-order valence-electron chi connectivity index (χ0n) is 7.79. The molecule has 76 valence electrons. The van der Waals surface area contributed by atoms with E-state index >= 15 is 0 Å². The summed E-state index contributed by atoms with van der Waals surface area (Å²) in [6.45, 7) is 0. The molecule has 0 fully saturated rings. The van der Waals surface area contributed by atoms with Crippen LogP contribution in [0.5, 0.6) is 0 Å². The van der Waals surface area contributed by atoms with Crippen LogP contribution in [0.15, 0.2) is 43.0 Å². The van der Waals surface area contributed by atoms with Gasteiger partial charge >= 0.3 is 6.03 Å². The number of hydrogen-bond donors (Lipinski definition) is 2. The van der Waals surface area contributed by atoms with Gasteiger partial charge in [0.1, 0.15) is 12.7 Å². The first-order valence-electron chi connectivity index (χ1n) is 4.32. The van der Waals surface area contributed by atoms with Gasteiger partial charge in [0.25, 0.3) is 0 Å². The first-order valence-corrected chi connectivity index (χ1v) is 4.32. The highest BCUT2D eigenvalue weighted by atomic mass is 16.2. The first kappa shape index (κ1) is 9.20. The fourth-order valence-electron chi connectivity index (χ4n) is 1.05. The molecular weight excluding hydrogens is 194 g/mol. The summed E-state index contributed by atoms with van der Waals surface area (Å²) in [6.07, 6.45) is 2.73. The van der Waals surface area contributed by atoms with Gasteiger partial charge < -0.3 is 5.32 Å². The van der Waals surface area contributed by atoms with Crippen molar-refractivity contribution in [2.45, 2.75) is 0 Å². The third-order valence-corrected chi connectivity index (χ3v) is 1.67. The van der Waals surface area contributed by atoms with Crippen LogP contribution in [0.4, 0.5) is 10.5 Å². The zero-order valence-corrected chi connectivity index (χ0v) is 7.79. The highest BCUT2D eigenvalue weighted by Gasteiger charge is 2.00. The average molecular weight is 203 g/mol. The molecule has 0 saturated carbocycles. The molecule has 6 nitrogen and oxygen atoms in total. The summed E-state index contributed by atoms with van der Waals surface area (Å²) in [5.74, 6) is 0. The summed E-state index contributed by atoms with van der Waals surface area (Å²) < 4.78 is 0. The third kappa shape index (κ3) is 2.53. The molecule has 1 heterocycles. The van der Waals surface area contributed by atoms with E-state index < -0.39 is 0 Å². The van der Waals surface area contributed by atoms with Crippen molar-refractivity contribution in [3.05, 3.63) is 43.0 Å². The second-order valence-electron chi connectivity index (χ2n) is 2.77. The lowest BCUT2D eigenvalue weighted by molar-refractivity contribution is 0.259. The average Bonchev–Trinajstić information content (AvgIpc) is 2.71. The van der Waals surface area contributed by atoms with E-state index in [-0.39, 0.29) is 6.03 Å². The minimum atomic E-state index is -0.369. The Morgan fingerprint density at radius 2 is 2.07 bits per heavy atom. The lowest BCUT2D eigenvalue weighted by Crippen LogP contribution is -2.27. The second-order valence-corrected chi connectivity index (χ2v) is 2.77. The molecule has 0 aliphatic heterocycles. The maximum atomic E-state index is 11.4. The predicted molar refractivity (Wildman–Crippen MR) is 54.8 cm³/mol. The van der Waals surface area contributed by atoms with Gasteiger partial charge in [-0.05, 0) is 12.1 Å². The van der Waals surface area contributed by atoms with Crippen molar-refractivity contribution in [2.75, 3.05) is 10.7 Å². The quantitative estimate of drug-likeness (QED) is 0.766. The molecule has 6 heteroatoms. The number of carbonyl (C=O) groups is 1. The normalized spacial score (nSPS) is 9.60. The Hall–Kier alpha value is -2.37. The number of nitrogens with zero attached hydrogens (tertiary/aromatic N) is 3. The number of urea groups is 1. The summed E-state index contributed by atoms with van der Waals surface area (Å²) >= 11 is 0. The summed E-state index contributed by atoms with van der Waals surface area (Å²) in [6, 6.07) is 8.77. The van der Waals surface area contributed by atoms with E-state index in [0.717, 1.165) is 5.69 Å². The van der Waals surface area contributed by atoms with Gasteiger partial charge in [-0.1, -0.05) is 18.2 Å². The maximum absolute atomic E-state index is 11.4. The van der Waals surface area contributed by atoms with Crippen molar-refractivity contribution in [1.29, 1.82) is 0 Å². The summed E-state index contributed by atoms with van der Waals surface area (Å²) in [7, 11) is 0. The molecule has 15 heavy (non-hydrogen) atoms. The molecule has 2 N–H and O–H groups in total. The number of para-hydroxylation sites is 1. The van der Waals surface area contributed by atoms with Crippen LogP contribution in [-0.2, 0) is 0 Å². The molecule has 2 rings (SSSR count). The third-order valence-electron chi connectivity index (χ3n) is 1.67. The van der Waals surface area contributed by atoms with Crippen LogP contribution in [0.3, 0.4) is 0 Å². The molecule has 0 radical (unpaired) electrons. The van der Waals surface area contributed by atoms with Crippen LogP contribution < -0.4 is 10.7 Å². The zero-order chi connectivity index (χ0) is 10.5. The van der Waals surface area contributed by atoms with Gasteiger partial charge in [0.05, 0.1) is 0 Å². The van der Waals surface area contributed by atoms with Crippen LogP contribution in [0.2, 0.25) is 0 Å². The number of carbonyl (C=O) groups excluding carboxylic acids is 1. The van der Waals surface area contributed by atoms with Gasteiger partial charge in [0.15, 0.2) is 0 Å². The second kappa shape index (κ2) is 4.23. The molecule has 2 amide bonds. The van der Waals surface area contributed by atoms with Gasteiger partial charge in [0, 0.05) is 5.69 Å². The smallest absolute Gasteiger partial charge is 0.307 e. The number of nitrogens with one attached hydrogen (secondary N) is 2. The van der Waals surface area contributed by atoms with E-state index in [9.17, 15) is 4.79 Å². The number of anilines is 1. The summed E-state index contributed by atoms with van der Waals surface area (Å²) in [5, 5.41) is 6.37. The van der Waals surface area contributed by atoms with Crippen molar-refractivity contribution in [2.24, 2.45) is 0 Å². The number of hydrogen-bond acceptors (Lipinski definition) is 3. The molecular formula is C9H9N5O. The number of amides is 2. The molecule has 0 aliphatic carbocycles. The van der Waals surface area contributed by atoms with E-state index in [2.05, 4.69) is 20.8 Å². The Kier molecular flexibility index (Phi) is 2.59. The Morgan fingerprint density at radius 3 is 2.73 bits per heavy atom. The molecule has 0 aliphatic rings. The number of rotatable bonds is 2. The molecule has 0 unspecified atom stereocenters. The SMILES string of the molecule is O=C(Nc1ccccc1)Nn1cncn1. The molecule has 0 bridgehead atoms. The Balaban J connectivity index is 1.94. The Bertz CT molecular complexity index is 425. The van der Waals surface area contributed by atoms with E-state index in [1.807, 2.05) is 18.2 Å². The Labute approximate surface area is 85.9 Å². The largest absolute Gasteiger partial charge is 0.339 e. The van der Waals surface area contributed by atoms with Crippen LogP contribution in [0, 0.1) is 0 Å². The van der Waals surface area contributed by atoms with Crippen LogP contribution in [0.25, 0.3) is 0 Å². The Morgan fingerprint density at radius 1 is 1.27 bits per heavy atom. The van der Waals surface area contributed by atoms with Crippen LogP contribution in [0.1, 0.15) is 0 Å². The lowest BCUT2D eigenvalue weighted by atomic mass is 10.3. The van der Waals surface area contributed by atoms with Crippen LogP contribution in [-0.4, -0.2) is 20.9 Å². The fraction of sp³-hybridized carbons (Fsp3) is 0. The minimum Gasteiger partial charge on any atom is -0.307 e. The topological polar surface area (TPSA) is 71.8 Å². The summed E-state index contributed by atoms with van der Waals surface area (Å²) in [5.41, 5.74) is 3.18. The highest BCUT2D eigenvalue weighted by molar-refractivity contribution is 5.94. The van der Waals surface area contributed by atoms with E-state index in [1.165, 1.54) is 17.4 Å². The fourth-order valence-corrected chi connectivity index (χ4v) is 1.05. The molecule has 1 aromatic carbocycles. The molecule has 0 saturated heterocycles. The number of aromatic nitrogens is 3. The molecule has 1 aromatic heterocycles. The highest BCUT2D eigenvalue weighted by Crippen LogP contribution is 2.04. The molecule has 0 spiro atoms. The van der Waals surface area contributed by atoms with Gasteiger partial charge in [-0.3, -0.25) is 0 Å². The van der Waals surface area contributed by atoms with Gasteiger partial charge in [-0.15, -0.1) is 5.10 Å². The standard InChI is InChI=1S/C9H9N5O/c15-9(13-14-7-10-6-11-14)12-8-4-2-1-3-5-8/h1-7H,(H2,12,13,15). The monoisotopic (exact) mass is 203 g/mol. The lowest BCUT2D eigenvalue weighted by Gasteiger charge is -2.05. The first-order chi connectivity index (χ1) is 7.34. The van der Waals surface area contributed by atoms with Crippen molar-refractivity contribution in [3.8, 4) is 0 Å².